The number of ether oxygens (including phenoxy) is 1. The Bertz CT molecular complexity index is 908. The van der Waals surface area contributed by atoms with E-state index in [1.54, 1.807) is 23.1 Å². The van der Waals surface area contributed by atoms with Crippen molar-refractivity contribution in [3.8, 4) is 0 Å². The molecule has 6 nitrogen and oxygen atoms in total. The number of hydrogen-bond donors (Lipinski definition) is 1. The molecule has 1 saturated carbocycles. The predicted molar refractivity (Wildman–Crippen MR) is 118 cm³/mol. The molecule has 158 valence electrons. The zero-order chi connectivity index (χ0) is 20.9. The standard InChI is InChI=1S/C24H29N3O3/c1-26(20-10-3-2-4-11-20)17-19-8-5-6-13-22(19)25-23(28)18-9-7-12-21(16-18)27-14-15-30-24(27)29/h5-9,12-13,16,20H,2-4,10-11,14-15,17H2,1H3,(H,25,28). The van der Waals surface area contributed by atoms with Crippen LogP contribution in [-0.2, 0) is 11.3 Å². The van der Waals surface area contributed by atoms with Crippen molar-refractivity contribution in [3.63, 3.8) is 0 Å². The molecule has 6 heteroatoms. The summed E-state index contributed by atoms with van der Waals surface area (Å²) in [5.74, 6) is -0.183. The maximum atomic E-state index is 12.9. The van der Waals surface area contributed by atoms with Gasteiger partial charge in [0.1, 0.15) is 6.61 Å². The molecule has 2 amide bonds. The number of nitrogens with one attached hydrogen (secondary N) is 1. The second kappa shape index (κ2) is 9.30. The van der Waals surface area contributed by atoms with Crippen molar-refractivity contribution in [1.29, 1.82) is 0 Å². The minimum Gasteiger partial charge on any atom is -0.447 e. The van der Waals surface area contributed by atoms with Crippen LogP contribution >= 0.6 is 0 Å². The van der Waals surface area contributed by atoms with E-state index in [9.17, 15) is 9.59 Å². The minimum absolute atomic E-state index is 0.183. The Morgan fingerprint density at radius 2 is 1.93 bits per heavy atom. The Morgan fingerprint density at radius 3 is 2.70 bits per heavy atom. The van der Waals surface area contributed by atoms with Crippen LogP contribution < -0.4 is 10.2 Å². The van der Waals surface area contributed by atoms with Gasteiger partial charge >= 0.3 is 6.09 Å². The molecule has 2 aromatic rings. The average Bonchev–Trinajstić information content (AvgIpc) is 3.21. The van der Waals surface area contributed by atoms with Crippen LogP contribution in [0.5, 0.6) is 0 Å². The Kier molecular flexibility index (Phi) is 6.33. The lowest BCUT2D eigenvalue weighted by Crippen LogP contribution is -2.33. The maximum Gasteiger partial charge on any atom is 0.414 e. The van der Waals surface area contributed by atoms with Gasteiger partial charge < -0.3 is 10.1 Å². The third kappa shape index (κ3) is 4.65. The van der Waals surface area contributed by atoms with Crippen LogP contribution in [0.25, 0.3) is 0 Å². The SMILES string of the molecule is CN(Cc1ccccc1NC(=O)c1cccc(N2CCOC2=O)c1)C1CCCCC1. The molecule has 0 atom stereocenters. The van der Waals surface area contributed by atoms with Gasteiger partial charge in [0.05, 0.1) is 6.54 Å². The molecule has 4 rings (SSSR count). The highest BCUT2D eigenvalue weighted by molar-refractivity contribution is 6.05. The van der Waals surface area contributed by atoms with E-state index in [1.807, 2.05) is 24.3 Å². The molecule has 0 bridgehead atoms. The van der Waals surface area contributed by atoms with Gasteiger partial charge in [-0.25, -0.2) is 4.79 Å². The second-order valence-corrected chi connectivity index (χ2v) is 8.13. The van der Waals surface area contributed by atoms with Gasteiger partial charge in [-0.3, -0.25) is 14.6 Å². The summed E-state index contributed by atoms with van der Waals surface area (Å²) in [7, 11) is 2.17. The monoisotopic (exact) mass is 407 g/mol. The number of benzene rings is 2. The lowest BCUT2D eigenvalue weighted by atomic mass is 9.94. The van der Waals surface area contributed by atoms with E-state index in [4.69, 9.17) is 4.74 Å². The van der Waals surface area contributed by atoms with E-state index in [0.717, 1.165) is 17.8 Å². The van der Waals surface area contributed by atoms with Crippen LogP contribution in [0.4, 0.5) is 16.2 Å². The summed E-state index contributed by atoms with van der Waals surface area (Å²) in [5.41, 5.74) is 3.13. The lowest BCUT2D eigenvalue weighted by molar-refractivity contribution is 0.102. The number of para-hydroxylation sites is 1. The first-order valence-electron chi connectivity index (χ1n) is 10.8. The molecule has 0 spiro atoms. The fourth-order valence-corrected chi connectivity index (χ4v) is 4.34. The lowest BCUT2D eigenvalue weighted by Gasteiger charge is -2.31. The highest BCUT2D eigenvalue weighted by Gasteiger charge is 2.24. The number of cyclic esters (lactones) is 1. The van der Waals surface area contributed by atoms with E-state index in [2.05, 4.69) is 23.3 Å². The van der Waals surface area contributed by atoms with Gasteiger partial charge in [0.2, 0.25) is 0 Å². The zero-order valence-electron chi connectivity index (χ0n) is 17.5. The largest absolute Gasteiger partial charge is 0.447 e. The molecular formula is C24H29N3O3. The quantitative estimate of drug-likeness (QED) is 0.757. The Hall–Kier alpha value is -2.86. The van der Waals surface area contributed by atoms with E-state index in [-0.39, 0.29) is 12.0 Å². The molecule has 2 aliphatic rings. The van der Waals surface area contributed by atoms with Crippen molar-refractivity contribution in [2.45, 2.75) is 44.7 Å². The maximum absolute atomic E-state index is 12.9. The number of amides is 2. The van der Waals surface area contributed by atoms with Crippen LogP contribution in [0.15, 0.2) is 48.5 Å². The van der Waals surface area contributed by atoms with Gasteiger partial charge in [-0.05, 0) is 49.7 Å². The Morgan fingerprint density at radius 1 is 1.13 bits per heavy atom. The van der Waals surface area contributed by atoms with E-state index >= 15 is 0 Å². The summed E-state index contributed by atoms with van der Waals surface area (Å²) in [6.45, 7) is 1.68. The van der Waals surface area contributed by atoms with Gasteiger partial charge in [-0.15, -0.1) is 0 Å². The van der Waals surface area contributed by atoms with Crippen molar-refractivity contribution >= 4 is 23.4 Å². The molecule has 2 aromatic carbocycles. The fourth-order valence-electron chi connectivity index (χ4n) is 4.34. The number of carbonyl (C=O) groups excluding carboxylic acids is 2. The highest BCUT2D eigenvalue weighted by atomic mass is 16.6. The summed E-state index contributed by atoms with van der Waals surface area (Å²) in [5, 5.41) is 3.06. The zero-order valence-corrected chi connectivity index (χ0v) is 17.5. The van der Waals surface area contributed by atoms with Gasteiger partial charge in [0, 0.05) is 29.5 Å². The normalized spacial score (nSPS) is 17.3. The van der Waals surface area contributed by atoms with Crippen molar-refractivity contribution in [3.05, 3.63) is 59.7 Å². The van der Waals surface area contributed by atoms with Crippen LogP contribution in [0, 0.1) is 0 Å². The van der Waals surface area contributed by atoms with Crippen LogP contribution in [-0.4, -0.2) is 43.1 Å². The van der Waals surface area contributed by atoms with E-state index in [1.165, 1.54) is 32.1 Å². The van der Waals surface area contributed by atoms with Crippen LogP contribution in [0.1, 0.15) is 48.0 Å². The first-order chi connectivity index (χ1) is 14.6. The molecule has 1 heterocycles. The summed E-state index contributed by atoms with van der Waals surface area (Å²) in [4.78, 5) is 28.7. The van der Waals surface area contributed by atoms with Crippen molar-refractivity contribution in [2.75, 3.05) is 30.4 Å². The Balaban J connectivity index is 1.46. The fraction of sp³-hybridized carbons (Fsp3) is 0.417. The minimum atomic E-state index is -0.372. The van der Waals surface area contributed by atoms with Crippen LogP contribution in [0.2, 0.25) is 0 Å². The van der Waals surface area contributed by atoms with Crippen molar-refractivity contribution in [1.82, 2.24) is 4.90 Å². The number of anilines is 2. The molecule has 1 N–H and O–H groups in total. The average molecular weight is 408 g/mol. The third-order valence-electron chi connectivity index (χ3n) is 6.06. The van der Waals surface area contributed by atoms with E-state index in [0.29, 0.717) is 30.4 Å². The van der Waals surface area contributed by atoms with Crippen LogP contribution in [0.3, 0.4) is 0 Å². The van der Waals surface area contributed by atoms with Crippen molar-refractivity contribution < 1.29 is 14.3 Å². The molecule has 1 aliphatic heterocycles. The van der Waals surface area contributed by atoms with Gasteiger partial charge in [-0.2, -0.15) is 0 Å². The number of hydrogen-bond acceptors (Lipinski definition) is 4. The van der Waals surface area contributed by atoms with Gasteiger partial charge in [0.15, 0.2) is 0 Å². The summed E-state index contributed by atoms with van der Waals surface area (Å²) in [6, 6.07) is 15.7. The predicted octanol–water partition coefficient (Wildman–Crippen LogP) is 4.66. The molecule has 0 radical (unpaired) electrons. The number of carbonyl (C=O) groups is 2. The summed E-state index contributed by atoms with van der Waals surface area (Å²) in [6.07, 6.45) is 6.06. The molecule has 30 heavy (non-hydrogen) atoms. The molecule has 1 aliphatic carbocycles. The molecule has 0 unspecified atom stereocenters. The smallest absolute Gasteiger partial charge is 0.414 e. The molecular weight excluding hydrogens is 378 g/mol. The number of rotatable bonds is 6. The summed E-state index contributed by atoms with van der Waals surface area (Å²) >= 11 is 0. The first kappa shape index (κ1) is 20.4. The van der Waals surface area contributed by atoms with Gasteiger partial charge in [0.25, 0.3) is 5.91 Å². The highest BCUT2D eigenvalue weighted by Crippen LogP contribution is 2.26. The molecule has 1 saturated heterocycles. The third-order valence-corrected chi connectivity index (χ3v) is 6.06. The first-order valence-corrected chi connectivity index (χ1v) is 10.8. The number of nitrogens with zero attached hydrogens (tertiary/aromatic N) is 2. The molecule has 2 fully saturated rings. The van der Waals surface area contributed by atoms with Gasteiger partial charge in [-0.1, -0.05) is 43.5 Å². The second-order valence-electron chi connectivity index (χ2n) is 8.13. The molecule has 0 aromatic heterocycles. The topological polar surface area (TPSA) is 61.9 Å². The summed E-state index contributed by atoms with van der Waals surface area (Å²) < 4.78 is 5.00. The van der Waals surface area contributed by atoms with Crippen molar-refractivity contribution in [2.24, 2.45) is 0 Å². The van der Waals surface area contributed by atoms with E-state index < -0.39 is 0 Å². The Labute approximate surface area is 177 Å².